The number of hydrogen-bond acceptors (Lipinski definition) is 3. The minimum absolute atomic E-state index is 0.207. The van der Waals surface area contributed by atoms with E-state index in [1.54, 1.807) is 0 Å². The van der Waals surface area contributed by atoms with Crippen LogP contribution in [-0.4, -0.2) is 37.0 Å². The highest BCUT2D eigenvalue weighted by molar-refractivity contribution is 5.92. The van der Waals surface area contributed by atoms with E-state index in [4.69, 9.17) is 9.90 Å². The SMILES string of the molecule is CC(c1ccccc1)n1cc(-c2ccnc3[nH]ccc23)cn1.O=C(O)C(F)(F)F. The number of aromatic nitrogens is 4. The standard InChI is InChI=1S/C18H16N4.C2HF3O2/c1-13(14-5-3-2-4-6-14)22-12-15(11-21-22)16-7-9-19-18-17(16)8-10-20-18;3-2(4,5)1(6)7/h2-13H,1H3,(H,19,20);(H,6,7). The molecule has 0 aliphatic rings. The molecule has 0 spiro atoms. The van der Waals surface area contributed by atoms with Crippen LogP contribution in [0, 0.1) is 0 Å². The van der Waals surface area contributed by atoms with Gasteiger partial charge in [0.1, 0.15) is 5.65 Å². The van der Waals surface area contributed by atoms with Crippen LogP contribution in [0.4, 0.5) is 13.2 Å². The Kier molecular flexibility index (Phi) is 5.67. The molecule has 0 aliphatic heterocycles. The molecule has 4 aromatic rings. The average Bonchev–Trinajstić information content (AvgIpc) is 3.37. The molecule has 4 rings (SSSR count). The van der Waals surface area contributed by atoms with E-state index in [0.29, 0.717) is 0 Å². The van der Waals surface area contributed by atoms with Gasteiger partial charge in [-0.2, -0.15) is 18.3 Å². The Morgan fingerprint density at radius 2 is 1.86 bits per heavy atom. The molecule has 6 nitrogen and oxygen atoms in total. The van der Waals surface area contributed by atoms with Crippen molar-refractivity contribution < 1.29 is 23.1 Å². The number of nitrogens with one attached hydrogen (secondary N) is 1. The van der Waals surface area contributed by atoms with Crippen molar-refractivity contribution in [3.63, 3.8) is 0 Å². The number of H-pyrrole nitrogens is 1. The molecule has 0 aliphatic carbocycles. The number of aromatic amines is 1. The first-order valence-corrected chi connectivity index (χ1v) is 8.59. The predicted molar refractivity (Wildman–Crippen MR) is 101 cm³/mol. The van der Waals surface area contributed by atoms with Gasteiger partial charge in [0.05, 0.1) is 12.2 Å². The molecule has 3 aromatic heterocycles. The molecule has 0 bridgehead atoms. The largest absolute Gasteiger partial charge is 0.490 e. The van der Waals surface area contributed by atoms with Crippen LogP contribution in [0.15, 0.2) is 67.3 Å². The second kappa shape index (κ2) is 8.17. The molecule has 0 radical (unpaired) electrons. The van der Waals surface area contributed by atoms with Crippen LogP contribution in [0.2, 0.25) is 0 Å². The fraction of sp³-hybridized carbons (Fsp3) is 0.150. The van der Waals surface area contributed by atoms with Crippen LogP contribution >= 0.6 is 0 Å². The summed E-state index contributed by atoms with van der Waals surface area (Å²) >= 11 is 0. The maximum Gasteiger partial charge on any atom is 0.490 e. The number of rotatable bonds is 3. The van der Waals surface area contributed by atoms with E-state index >= 15 is 0 Å². The number of carboxylic acids is 1. The fourth-order valence-electron chi connectivity index (χ4n) is 2.79. The molecule has 0 amide bonds. The fourth-order valence-corrected chi connectivity index (χ4v) is 2.79. The van der Waals surface area contributed by atoms with Crippen LogP contribution < -0.4 is 0 Å². The number of carboxylic acid groups (broad SMARTS) is 1. The summed E-state index contributed by atoms with van der Waals surface area (Å²) in [5.41, 5.74) is 4.41. The summed E-state index contributed by atoms with van der Waals surface area (Å²) in [7, 11) is 0. The van der Waals surface area contributed by atoms with Gasteiger partial charge >= 0.3 is 12.1 Å². The lowest BCUT2D eigenvalue weighted by Gasteiger charge is -2.12. The number of pyridine rings is 1. The number of hydrogen-bond donors (Lipinski definition) is 2. The van der Waals surface area contributed by atoms with Crippen LogP contribution in [0.3, 0.4) is 0 Å². The molecule has 1 unspecified atom stereocenters. The van der Waals surface area contributed by atoms with Crippen molar-refractivity contribution in [1.29, 1.82) is 0 Å². The van der Waals surface area contributed by atoms with Gasteiger partial charge in [-0.25, -0.2) is 9.78 Å². The summed E-state index contributed by atoms with van der Waals surface area (Å²) in [6.45, 7) is 2.16. The van der Waals surface area contributed by atoms with Crippen molar-refractivity contribution in [2.75, 3.05) is 0 Å². The Bertz CT molecular complexity index is 1100. The molecular formula is C20H17F3N4O2. The molecule has 0 fully saturated rings. The highest BCUT2D eigenvalue weighted by Crippen LogP contribution is 2.28. The lowest BCUT2D eigenvalue weighted by atomic mass is 10.1. The number of carbonyl (C=O) groups is 1. The lowest BCUT2D eigenvalue weighted by Crippen LogP contribution is -2.21. The number of nitrogens with zero attached hydrogens (tertiary/aromatic N) is 3. The maximum atomic E-state index is 10.6. The minimum Gasteiger partial charge on any atom is -0.475 e. The summed E-state index contributed by atoms with van der Waals surface area (Å²) in [6.07, 6.45) is 2.67. The second-order valence-corrected chi connectivity index (χ2v) is 6.20. The van der Waals surface area contributed by atoms with Gasteiger partial charge in [-0.15, -0.1) is 0 Å². The third-order valence-corrected chi connectivity index (χ3v) is 4.29. The molecule has 3 heterocycles. The van der Waals surface area contributed by atoms with Gasteiger partial charge in [0.15, 0.2) is 0 Å². The number of fused-ring (bicyclic) bond motifs is 1. The van der Waals surface area contributed by atoms with Gasteiger partial charge in [-0.3, -0.25) is 4.68 Å². The van der Waals surface area contributed by atoms with E-state index in [9.17, 15) is 13.2 Å². The van der Waals surface area contributed by atoms with Gasteiger partial charge in [-0.1, -0.05) is 30.3 Å². The first kappa shape index (κ1) is 20.1. The van der Waals surface area contributed by atoms with Crippen LogP contribution in [0.5, 0.6) is 0 Å². The van der Waals surface area contributed by atoms with Gasteiger partial charge in [0.2, 0.25) is 0 Å². The number of aliphatic carboxylic acids is 1. The molecular weight excluding hydrogens is 385 g/mol. The zero-order chi connectivity index (χ0) is 21.0. The van der Waals surface area contributed by atoms with E-state index < -0.39 is 12.1 Å². The Hall–Kier alpha value is -3.62. The average molecular weight is 402 g/mol. The van der Waals surface area contributed by atoms with E-state index in [-0.39, 0.29) is 6.04 Å². The third-order valence-electron chi connectivity index (χ3n) is 4.29. The lowest BCUT2D eigenvalue weighted by molar-refractivity contribution is -0.192. The van der Waals surface area contributed by atoms with Gasteiger partial charge < -0.3 is 10.1 Å². The zero-order valence-electron chi connectivity index (χ0n) is 15.3. The Morgan fingerprint density at radius 1 is 1.17 bits per heavy atom. The van der Waals surface area contributed by atoms with Crippen LogP contribution in [0.25, 0.3) is 22.2 Å². The maximum absolute atomic E-state index is 10.6. The summed E-state index contributed by atoms with van der Waals surface area (Å²) in [5.74, 6) is -2.76. The smallest absolute Gasteiger partial charge is 0.475 e. The monoisotopic (exact) mass is 402 g/mol. The Morgan fingerprint density at radius 3 is 2.52 bits per heavy atom. The highest BCUT2D eigenvalue weighted by Gasteiger charge is 2.38. The highest BCUT2D eigenvalue weighted by atomic mass is 19.4. The first-order chi connectivity index (χ1) is 13.8. The molecule has 29 heavy (non-hydrogen) atoms. The zero-order valence-corrected chi connectivity index (χ0v) is 15.3. The molecule has 1 atom stereocenters. The van der Waals surface area contributed by atoms with Crippen molar-refractivity contribution >= 4 is 17.0 Å². The number of alkyl halides is 3. The first-order valence-electron chi connectivity index (χ1n) is 8.59. The van der Waals surface area contributed by atoms with Gasteiger partial charge in [-0.05, 0) is 30.2 Å². The van der Waals surface area contributed by atoms with Crippen LogP contribution in [-0.2, 0) is 4.79 Å². The van der Waals surface area contributed by atoms with Crippen molar-refractivity contribution in [3.05, 3.63) is 72.8 Å². The summed E-state index contributed by atoms with van der Waals surface area (Å²) < 4.78 is 33.7. The van der Waals surface area contributed by atoms with Gasteiger partial charge in [0.25, 0.3) is 0 Å². The molecule has 9 heteroatoms. The second-order valence-electron chi connectivity index (χ2n) is 6.20. The molecule has 1 aromatic carbocycles. The molecule has 2 N–H and O–H groups in total. The quantitative estimate of drug-likeness (QED) is 0.522. The summed E-state index contributed by atoms with van der Waals surface area (Å²) in [6, 6.07) is 14.7. The van der Waals surface area contributed by atoms with E-state index in [2.05, 4.69) is 58.5 Å². The van der Waals surface area contributed by atoms with E-state index in [0.717, 1.165) is 22.2 Å². The van der Waals surface area contributed by atoms with Crippen molar-refractivity contribution in [2.45, 2.75) is 19.1 Å². The molecule has 150 valence electrons. The van der Waals surface area contributed by atoms with Crippen molar-refractivity contribution in [2.24, 2.45) is 0 Å². The number of benzene rings is 1. The van der Waals surface area contributed by atoms with Gasteiger partial charge in [0, 0.05) is 29.5 Å². The van der Waals surface area contributed by atoms with Crippen molar-refractivity contribution in [3.8, 4) is 11.1 Å². The van der Waals surface area contributed by atoms with Crippen LogP contribution in [0.1, 0.15) is 18.5 Å². The summed E-state index contributed by atoms with van der Waals surface area (Å²) in [5, 5.41) is 12.8. The molecule has 0 saturated heterocycles. The third kappa shape index (κ3) is 4.63. The van der Waals surface area contributed by atoms with Crippen molar-refractivity contribution in [1.82, 2.24) is 19.7 Å². The number of halogens is 3. The summed E-state index contributed by atoms with van der Waals surface area (Å²) in [4.78, 5) is 16.4. The topological polar surface area (TPSA) is 83.8 Å². The predicted octanol–water partition coefficient (Wildman–Crippen LogP) is 4.67. The van der Waals surface area contributed by atoms with E-state index in [1.165, 1.54) is 5.56 Å². The molecule has 0 saturated carbocycles. The minimum atomic E-state index is -5.08. The van der Waals surface area contributed by atoms with E-state index in [1.807, 2.05) is 35.4 Å². The Labute approximate surface area is 163 Å². The normalized spacial score (nSPS) is 12.3. The Balaban J connectivity index is 0.000000298.